The van der Waals surface area contributed by atoms with Crippen molar-refractivity contribution in [2.75, 3.05) is 0 Å². The van der Waals surface area contributed by atoms with Crippen LogP contribution in [0, 0.1) is 12.8 Å². The Hall–Kier alpha value is -1.97. The summed E-state index contributed by atoms with van der Waals surface area (Å²) in [7, 11) is 0. The molecule has 1 aromatic rings. The van der Waals surface area contributed by atoms with Crippen LogP contribution in [0.2, 0.25) is 0 Å². The number of rotatable bonds is 2. The van der Waals surface area contributed by atoms with Crippen LogP contribution in [-0.4, -0.2) is 17.5 Å². The lowest BCUT2D eigenvalue weighted by atomic mass is 9.74. The van der Waals surface area contributed by atoms with Gasteiger partial charge in [-0.25, -0.2) is 0 Å². The smallest absolute Gasteiger partial charge is 0.149 e. The zero-order valence-corrected chi connectivity index (χ0v) is 10.0. The van der Waals surface area contributed by atoms with Crippen molar-refractivity contribution in [3.8, 4) is 0 Å². The minimum atomic E-state index is -1.39. The van der Waals surface area contributed by atoms with Crippen LogP contribution in [-0.2, 0) is 14.4 Å². The molecule has 4 heteroatoms. The van der Waals surface area contributed by atoms with Gasteiger partial charge in [-0.05, 0) is 12.5 Å². The van der Waals surface area contributed by atoms with Crippen LogP contribution in [0.1, 0.15) is 29.9 Å². The van der Waals surface area contributed by atoms with Crippen LogP contribution < -0.4 is 5.11 Å². The molecule has 1 aliphatic rings. The van der Waals surface area contributed by atoms with E-state index in [1.54, 1.807) is 12.1 Å². The van der Waals surface area contributed by atoms with Gasteiger partial charge in [0.2, 0.25) is 0 Å². The van der Waals surface area contributed by atoms with Gasteiger partial charge in [-0.1, -0.05) is 29.8 Å². The van der Waals surface area contributed by atoms with Gasteiger partial charge in [0.1, 0.15) is 11.6 Å². The van der Waals surface area contributed by atoms with E-state index in [2.05, 4.69) is 0 Å². The van der Waals surface area contributed by atoms with E-state index in [1.165, 1.54) is 0 Å². The van der Waals surface area contributed by atoms with Crippen LogP contribution >= 0.6 is 0 Å². The van der Waals surface area contributed by atoms with Gasteiger partial charge in [0.05, 0.1) is 18.3 Å². The van der Waals surface area contributed by atoms with Gasteiger partial charge in [-0.3, -0.25) is 9.59 Å². The number of hydrogen-bond acceptors (Lipinski definition) is 4. The Kier molecular flexibility index (Phi) is 3.28. The predicted octanol–water partition coefficient (Wildman–Crippen LogP) is 0.377. The topological polar surface area (TPSA) is 74.3 Å². The van der Waals surface area contributed by atoms with Crippen LogP contribution in [0.3, 0.4) is 0 Å². The lowest BCUT2D eigenvalue weighted by Gasteiger charge is -2.30. The van der Waals surface area contributed by atoms with Crippen LogP contribution in [0.25, 0.3) is 0 Å². The number of carbonyl (C=O) groups is 3. The number of carbonyl (C=O) groups excluding carboxylic acids is 3. The standard InChI is InChI=1S/C14H14O4/c1-8-2-4-9(5-3-8)11-6-10(15)7-12(16)13(11)14(17)18/h2-5,11,13H,6-7H2,1H3,(H,17,18)/p-1. The lowest BCUT2D eigenvalue weighted by molar-refractivity contribution is -0.310. The second-order valence-corrected chi connectivity index (χ2v) is 4.70. The van der Waals surface area contributed by atoms with E-state index in [9.17, 15) is 19.5 Å². The largest absolute Gasteiger partial charge is 0.549 e. The second-order valence-electron chi connectivity index (χ2n) is 4.70. The first kappa shape index (κ1) is 12.5. The maximum atomic E-state index is 11.7. The Balaban J connectivity index is 2.37. The van der Waals surface area contributed by atoms with Crippen molar-refractivity contribution < 1.29 is 19.5 Å². The Morgan fingerprint density at radius 1 is 1.22 bits per heavy atom. The molecule has 1 aliphatic carbocycles. The van der Waals surface area contributed by atoms with E-state index >= 15 is 0 Å². The Morgan fingerprint density at radius 3 is 2.39 bits per heavy atom. The number of ketones is 2. The number of Topliss-reactive ketones (excluding diaryl/α,β-unsaturated/α-hetero) is 2. The molecule has 0 radical (unpaired) electrons. The summed E-state index contributed by atoms with van der Waals surface area (Å²) in [4.78, 5) is 34.2. The molecule has 0 aliphatic heterocycles. The monoisotopic (exact) mass is 245 g/mol. The number of aliphatic carboxylic acids is 1. The van der Waals surface area contributed by atoms with Crippen molar-refractivity contribution in [1.82, 2.24) is 0 Å². The van der Waals surface area contributed by atoms with E-state index in [4.69, 9.17) is 0 Å². The van der Waals surface area contributed by atoms with Crippen molar-refractivity contribution in [3.63, 3.8) is 0 Å². The van der Waals surface area contributed by atoms with E-state index in [0.29, 0.717) is 5.56 Å². The Morgan fingerprint density at radius 2 is 1.83 bits per heavy atom. The van der Waals surface area contributed by atoms with Crippen LogP contribution in [0.5, 0.6) is 0 Å². The summed E-state index contributed by atoms with van der Waals surface area (Å²) in [5.41, 5.74) is 1.74. The molecule has 0 saturated heterocycles. The van der Waals surface area contributed by atoms with E-state index < -0.39 is 23.6 Å². The summed E-state index contributed by atoms with van der Waals surface area (Å²) in [5.74, 6) is -3.94. The molecular formula is C14H13O4-. The summed E-state index contributed by atoms with van der Waals surface area (Å²) in [6, 6.07) is 7.21. The number of carboxylic acids is 1. The van der Waals surface area contributed by atoms with Crippen molar-refractivity contribution >= 4 is 17.5 Å². The third kappa shape index (κ3) is 2.32. The summed E-state index contributed by atoms with van der Waals surface area (Å²) < 4.78 is 0. The molecule has 0 N–H and O–H groups in total. The summed E-state index contributed by atoms with van der Waals surface area (Å²) in [6.07, 6.45) is -0.200. The fraction of sp³-hybridized carbons (Fsp3) is 0.357. The third-order valence-corrected chi connectivity index (χ3v) is 3.33. The van der Waals surface area contributed by atoms with Crippen LogP contribution in [0.15, 0.2) is 24.3 Å². The number of aryl methyl sites for hydroxylation is 1. The van der Waals surface area contributed by atoms with Gasteiger partial charge < -0.3 is 9.90 Å². The van der Waals surface area contributed by atoms with Crippen molar-refractivity contribution in [2.45, 2.75) is 25.7 Å². The van der Waals surface area contributed by atoms with Crippen molar-refractivity contribution in [3.05, 3.63) is 35.4 Å². The van der Waals surface area contributed by atoms with Gasteiger partial charge in [-0.15, -0.1) is 0 Å². The number of benzene rings is 1. The van der Waals surface area contributed by atoms with E-state index in [-0.39, 0.29) is 18.6 Å². The first-order chi connectivity index (χ1) is 8.49. The molecule has 0 spiro atoms. The minimum absolute atomic E-state index is 0.0907. The van der Waals surface area contributed by atoms with E-state index in [0.717, 1.165) is 5.56 Å². The summed E-state index contributed by atoms with van der Waals surface area (Å²) in [5, 5.41) is 11.1. The molecule has 0 amide bonds. The summed E-state index contributed by atoms with van der Waals surface area (Å²) in [6.45, 7) is 1.91. The molecule has 1 saturated carbocycles. The molecule has 0 aromatic heterocycles. The Bertz CT molecular complexity index is 501. The van der Waals surface area contributed by atoms with Crippen molar-refractivity contribution in [2.24, 2.45) is 5.92 Å². The van der Waals surface area contributed by atoms with Gasteiger partial charge in [0.25, 0.3) is 0 Å². The molecular weight excluding hydrogens is 232 g/mol. The highest BCUT2D eigenvalue weighted by atomic mass is 16.4. The van der Waals surface area contributed by atoms with Gasteiger partial charge in [0, 0.05) is 12.3 Å². The van der Waals surface area contributed by atoms with Crippen molar-refractivity contribution in [1.29, 1.82) is 0 Å². The highest BCUT2D eigenvalue weighted by Crippen LogP contribution is 2.34. The molecule has 1 fully saturated rings. The van der Waals surface area contributed by atoms with Gasteiger partial charge in [-0.2, -0.15) is 0 Å². The molecule has 2 unspecified atom stereocenters. The molecule has 18 heavy (non-hydrogen) atoms. The van der Waals surface area contributed by atoms with Crippen LogP contribution in [0.4, 0.5) is 0 Å². The number of carboxylic acid groups (broad SMARTS) is 1. The predicted molar refractivity (Wildman–Crippen MR) is 61.7 cm³/mol. The normalized spacial score (nSPS) is 24.1. The molecule has 4 nitrogen and oxygen atoms in total. The minimum Gasteiger partial charge on any atom is -0.549 e. The Labute approximate surface area is 105 Å². The molecule has 0 bridgehead atoms. The number of hydrogen-bond donors (Lipinski definition) is 0. The fourth-order valence-electron chi connectivity index (χ4n) is 2.38. The zero-order valence-electron chi connectivity index (χ0n) is 10.0. The maximum Gasteiger partial charge on any atom is 0.149 e. The first-order valence-corrected chi connectivity index (χ1v) is 5.81. The molecule has 2 rings (SSSR count). The average Bonchev–Trinajstić information content (AvgIpc) is 2.28. The van der Waals surface area contributed by atoms with Gasteiger partial charge in [0.15, 0.2) is 0 Å². The zero-order chi connectivity index (χ0) is 13.3. The average molecular weight is 245 g/mol. The molecule has 0 heterocycles. The third-order valence-electron chi connectivity index (χ3n) is 3.33. The van der Waals surface area contributed by atoms with E-state index in [1.807, 2.05) is 19.1 Å². The quantitative estimate of drug-likeness (QED) is 0.706. The second kappa shape index (κ2) is 4.72. The SMILES string of the molecule is Cc1ccc(C2CC(=O)CC(=O)C2C(=O)[O-])cc1. The molecule has 2 atom stereocenters. The van der Waals surface area contributed by atoms with Gasteiger partial charge >= 0.3 is 0 Å². The lowest BCUT2D eigenvalue weighted by Crippen LogP contribution is -2.44. The summed E-state index contributed by atoms with van der Waals surface area (Å²) >= 11 is 0. The molecule has 1 aromatic carbocycles. The molecule has 94 valence electrons. The highest BCUT2D eigenvalue weighted by molar-refractivity contribution is 6.10. The maximum absolute atomic E-state index is 11.7. The first-order valence-electron chi connectivity index (χ1n) is 5.81. The highest BCUT2D eigenvalue weighted by Gasteiger charge is 2.37. The fourth-order valence-corrected chi connectivity index (χ4v) is 2.38.